The molecule has 4 heterocycles. The normalized spacial score (nSPS) is 15.2. The number of rotatable bonds is 5. The van der Waals surface area contributed by atoms with Gasteiger partial charge in [0.05, 0.1) is 35.1 Å². The fraction of sp³-hybridized carbons (Fsp3) is 0.316. The summed E-state index contributed by atoms with van der Waals surface area (Å²) in [4.78, 5) is 26.6. The fourth-order valence-electron chi connectivity index (χ4n) is 3.00. The molecule has 0 amide bonds. The number of anilines is 1. The van der Waals surface area contributed by atoms with E-state index in [1.165, 1.54) is 20.6 Å². The maximum atomic E-state index is 13.1. The Morgan fingerprint density at radius 2 is 2.18 bits per heavy atom. The van der Waals surface area contributed by atoms with Crippen LogP contribution in [0, 0.1) is 5.41 Å². The van der Waals surface area contributed by atoms with Crippen LogP contribution in [0.1, 0.15) is 16.6 Å². The molecule has 0 unspecified atom stereocenters. The van der Waals surface area contributed by atoms with Gasteiger partial charge in [-0.3, -0.25) is 9.59 Å². The van der Waals surface area contributed by atoms with Crippen molar-refractivity contribution in [2.75, 3.05) is 18.5 Å². The molecule has 4 rings (SSSR count). The van der Waals surface area contributed by atoms with Crippen molar-refractivity contribution in [1.29, 1.82) is 0 Å². The van der Waals surface area contributed by atoms with Crippen molar-refractivity contribution >= 4 is 34.7 Å². The molecule has 0 radical (unpaired) electrons. The smallest absolute Gasteiger partial charge is 0.259 e. The molecular formula is C19H19ClN4O3S. The highest BCUT2D eigenvalue weighted by atomic mass is 35.5. The summed E-state index contributed by atoms with van der Waals surface area (Å²) in [7, 11) is 1.68. The van der Waals surface area contributed by atoms with Crippen LogP contribution in [-0.2, 0) is 18.3 Å². The predicted octanol–water partition coefficient (Wildman–Crippen LogP) is 3.25. The van der Waals surface area contributed by atoms with Crippen LogP contribution in [0.4, 0.5) is 5.82 Å². The summed E-state index contributed by atoms with van der Waals surface area (Å²) in [6, 6.07) is 8.97. The van der Waals surface area contributed by atoms with Gasteiger partial charge in [-0.25, -0.2) is 0 Å². The SMILES string of the molecule is Cn1cccc(-c2cc(NCc3ccc(Cl)s3)n(C(=O)C3(C)COC3)n2)c1=O. The number of aromatic nitrogens is 3. The van der Waals surface area contributed by atoms with Gasteiger partial charge in [0.1, 0.15) is 11.5 Å². The summed E-state index contributed by atoms with van der Waals surface area (Å²) in [5.74, 6) is 0.369. The Labute approximate surface area is 170 Å². The van der Waals surface area contributed by atoms with Crippen LogP contribution in [0.25, 0.3) is 11.3 Å². The van der Waals surface area contributed by atoms with Gasteiger partial charge in [-0.2, -0.15) is 9.78 Å². The van der Waals surface area contributed by atoms with E-state index in [4.69, 9.17) is 16.3 Å². The van der Waals surface area contributed by atoms with Crippen molar-refractivity contribution in [3.05, 3.63) is 56.1 Å². The van der Waals surface area contributed by atoms with E-state index in [1.54, 1.807) is 31.4 Å². The second-order valence-corrected chi connectivity index (χ2v) is 8.88. The molecule has 0 aromatic carbocycles. The van der Waals surface area contributed by atoms with Crippen LogP contribution in [0.2, 0.25) is 4.34 Å². The third-order valence-corrected chi connectivity index (χ3v) is 5.96. The first-order valence-electron chi connectivity index (χ1n) is 8.74. The van der Waals surface area contributed by atoms with Crippen LogP contribution in [-0.4, -0.2) is 33.5 Å². The number of hydrogen-bond donors (Lipinski definition) is 1. The highest BCUT2D eigenvalue weighted by Crippen LogP contribution is 2.31. The molecule has 0 atom stereocenters. The quantitative estimate of drug-likeness (QED) is 0.688. The largest absolute Gasteiger partial charge is 0.379 e. The standard InChI is InChI=1S/C19H19ClN4O3S/c1-19(10-27-11-19)18(26)24-16(21-9-12-5-6-15(20)28-12)8-14(22-24)13-4-3-7-23(2)17(13)25/h3-8,21H,9-11H2,1-2H3. The van der Waals surface area contributed by atoms with Gasteiger partial charge in [-0.1, -0.05) is 11.6 Å². The Balaban J connectivity index is 1.71. The Bertz CT molecular complexity index is 1100. The van der Waals surface area contributed by atoms with Crippen molar-refractivity contribution in [3.63, 3.8) is 0 Å². The van der Waals surface area contributed by atoms with Crippen molar-refractivity contribution in [2.24, 2.45) is 12.5 Å². The second-order valence-electron chi connectivity index (χ2n) is 7.08. The summed E-state index contributed by atoms with van der Waals surface area (Å²) >= 11 is 7.46. The minimum atomic E-state index is -0.617. The third-order valence-electron chi connectivity index (χ3n) is 4.73. The number of aryl methyl sites for hydroxylation is 1. The molecule has 1 aliphatic heterocycles. The Kier molecular flexibility index (Phi) is 4.86. The highest BCUT2D eigenvalue weighted by Gasteiger charge is 2.43. The first-order chi connectivity index (χ1) is 13.4. The van der Waals surface area contributed by atoms with E-state index in [2.05, 4.69) is 10.4 Å². The van der Waals surface area contributed by atoms with E-state index in [0.29, 0.717) is 41.2 Å². The molecule has 0 bridgehead atoms. The maximum absolute atomic E-state index is 13.1. The Hall–Kier alpha value is -2.42. The molecular weight excluding hydrogens is 400 g/mol. The zero-order chi connectivity index (χ0) is 19.9. The molecule has 0 saturated carbocycles. The molecule has 0 spiro atoms. The molecule has 3 aromatic heterocycles. The molecule has 7 nitrogen and oxygen atoms in total. The number of pyridine rings is 1. The number of thiophene rings is 1. The summed E-state index contributed by atoms with van der Waals surface area (Å²) in [5, 5.41) is 7.71. The summed E-state index contributed by atoms with van der Waals surface area (Å²) < 4.78 is 8.76. The van der Waals surface area contributed by atoms with E-state index in [1.807, 2.05) is 19.1 Å². The van der Waals surface area contributed by atoms with E-state index in [0.717, 1.165) is 4.88 Å². The lowest BCUT2D eigenvalue weighted by Gasteiger charge is -2.36. The number of carbonyl (C=O) groups is 1. The van der Waals surface area contributed by atoms with Gasteiger partial charge >= 0.3 is 0 Å². The van der Waals surface area contributed by atoms with Gasteiger partial charge in [0.25, 0.3) is 11.5 Å². The average molecular weight is 419 g/mol. The van der Waals surface area contributed by atoms with Crippen LogP contribution in [0.15, 0.2) is 41.3 Å². The van der Waals surface area contributed by atoms with Gasteiger partial charge < -0.3 is 14.6 Å². The van der Waals surface area contributed by atoms with Gasteiger partial charge in [0.2, 0.25) is 0 Å². The van der Waals surface area contributed by atoms with E-state index < -0.39 is 5.41 Å². The van der Waals surface area contributed by atoms with E-state index >= 15 is 0 Å². The zero-order valence-corrected chi connectivity index (χ0v) is 17.0. The Morgan fingerprint density at radius 3 is 2.82 bits per heavy atom. The van der Waals surface area contributed by atoms with Crippen LogP contribution < -0.4 is 10.9 Å². The summed E-state index contributed by atoms with van der Waals surface area (Å²) in [5.41, 5.74) is 0.0985. The zero-order valence-electron chi connectivity index (χ0n) is 15.4. The number of halogens is 1. The van der Waals surface area contributed by atoms with E-state index in [-0.39, 0.29) is 11.5 Å². The van der Waals surface area contributed by atoms with Gasteiger partial charge in [0.15, 0.2) is 0 Å². The topological polar surface area (TPSA) is 78.2 Å². The molecule has 1 fully saturated rings. The Morgan fingerprint density at radius 1 is 1.39 bits per heavy atom. The third kappa shape index (κ3) is 3.39. The monoisotopic (exact) mass is 418 g/mol. The molecule has 1 saturated heterocycles. The molecule has 0 aliphatic carbocycles. The maximum Gasteiger partial charge on any atom is 0.259 e. The van der Waals surface area contributed by atoms with Gasteiger partial charge in [-0.05, 0) is 31.2 Å². The average Bonchev–Trinajstić information content (AvgIpc) is 3.25. The lowest BCUT2D eigenvalue weighted by molar-refractivity contribution is -0.0814. The van der Waals surface area contributed by atoms with Gasteiger partial charge in [-0.15, -0.1) is 11.3 Å². The van der Waals surface area contributed by atoms with Crippen molar-refractivity contribution in [3.8, 4) is 11.3 Å². The molecule has 146 valence electrons. The lowest BCUT2D eigenvalue weighted by Crippen LogP contribution is -2.49. The highest BCUT2D eigenvalue weighted by molar-refractivity contribution is 7.16. The first-order valence-corrected chi connectivity index (χ1v) is 9.93. The number of carbonyl (C=O) groups excluding carboxylic acids is 1. The number of hydrogen-bond acceptors (Lipinski definition) is 6. The van der Waals surface area contributed by atoms with Crippen molar-refractivity contribution in [2.45, 2.75) is 13.5 Å². The minimum absolute atomic E-state index is 0.163. The fourth-order valence-corrected chi connectivity index (χ4v) is 4.02. The number of nitrogens with zero attached hydrogens (tertiary/aromatic N) is 3. The molecule has 1 N–H and O–H groups in total. The van der Waals surface area contributed by atoms with Crippen LogP contribution in [0.5, 0.6) is 0 Å². The number of nitrogens with one attached hydrogen (secondary N) is 1. The second kappa shape index (κ2) is 7.20. The summed E-state index contributed by atoms with van der Waals surface area (Å²) in [6.07, 6.45) is 1.68. The lowest BCUT2D eigenvalue weighted by atomic mass is 9.88. The minimum Gasteiger partial charge on any atom is -0.379 e. The summed E-state index contributed by atoms with van der Waals surface area (Å²) in [6.45, 7) is 3.06. The molecule has 1 aliphatic rings. The molecule has 28 heavy (non-hydrogen) atoms. The van der Waals surface area contributed by atoms with E-state index in [9.17, 15) is 9.59 Å². The van der Waals surface area contributed by atoms with Gasteiger partial charge in [0, 0.05) is 24.2 Å². The van der Waals surface area contributed by atoms with Crippen LogP contribution >= 0.6 is 22.9 Å². The van der Waals surface area contributed by atoms with Crippen LogP contribution in [0.3, 0.4) is 0 Å². The predicted molar refractivity (Wildman–Crippen MR) is 109 cm³/mol. The van der Waals surface area contributed by atoms with Crippen molar-refractivity contribution in [1.82, 2.24) is 14.3 Å². The van der Waals surface area contributed by atoms with Crippen molar-refractivity contribution < 1.29 is 9.53 Å². The molecule has 3 aromatic rings. The molecule has 9 heteroatoms. The first kappa shape index (κ1) is 18.9. The number of ether oxygens (including phenoxy) is 1.